The lowest BCUT2D eigenvalue weighted by Gasteiger charge is -2.31. The van der Waals surface area contributed by atoms with Gasteiger partial charge in [-0.05, 0) is 37.9 Å². The lowest BCUT2D eigenvalue weighted by molar-refractivity contribution is -0.122. The summed E-state index contributed by atoms with van der Waals surface area (Å²) in [6.07, 6.45) is 2.20. The van der Waals surface area contributed by atoms with Crippen LogP contribution in [-0.2, 0) is 16.1 Å². The number of rotatable bonds is 5. The maximum absolute atomic E-state index is 11.5. The first kappa shape index (κ1) is 15.9. The standard InChI is InChI=1S/C16H25N3O2/c1-12(16(20)18-17)14-5-3-13(4-6-14)11-19(2)15-7-9-21-10-8-15/h3-6,12,15H,7-11,17H2,1-2H3,(H,18,20). The van der Waals surface area contributed by atoms with Gasteiger partial charge < -0.3 is 4.74 Å². The Labute approximate surface area is 126 Å². The predicted octanol–water partition coefficient (Wildman–Crippen LogP) is 1.39. The Morgan fingerprint density at radius 1 is 1.38 bits per heavy atom. The molecular formula is C16H25N3O2. The van der Waals surface area contributed by atoms with E-state index in [0.717, 1.165) is 38.2 Å². The maximum atomic E-state index is 11.5. The van der Waals surface area contributed by atoms with Crippen LogP contribution in [0.1, 0.15) is 36.8 Å². The fourth-order valence-electron chi connectivity index (χ4n) is 2.73. The van der Waals surface area contributed by atoms with Crippen molar-refractivity contribution >= 4 is 5.91 Å². The summed E-state index contributed by atoms with van der Waals surface area (Å²) in [5.41, 5.74) is 4.43. The second kappa shape index (κ2) is 7.54. The van der Waals surface area contributed by atoms with E-state index in [9.17, 15) is 4.79 Å². The molecule has 1 aliphatic rings. The topological polar surface area (TPSA) is 67.6 Å². The van der Waals surface area contributed by atoms with E-state index in [1.54, 1.807) is 0 Å². The minimum absolute atomic E-state index is 0.165. The first-order valence-electron chi connectivity index (χ1n) is 7.49. The average molecular weight is 291 g/mol. The summed E-state index contributed by atoms with van der Waals surface area (Å²) in [4.78, 5) is 13.9. The molecule has 0 saturated carbocycles. The first-order valence-corrected chi connectivity index (χ1v) is 7.49. The minimum atomic E-state index is -0.225. The SMILES string of the molecule is CC(C(=O)NN)c1ccc(CN(C)C2CCOCC2)cc1. The Hall–Kier alpha value is -1.43. The molecule has 5 heteroatoms. The van der Waals surface area contributed by atoms with Crippen LogP contribution in [0.4, 0.5) is 0 Å². The zero-order valence-electron chi connectivity index (χ0n) is 12.8. The number of ether oxygens (including phenoxy) is 1. The van der Waals surface area contributed by atoms with Gasteiger partial charge in [0.1, 0.15) is 0 Å². The molecule has 3 N–H and O–H groups in total. The molecule has 0 aliphatic carbocycles. The maximum Gasteiger partial charge on any atom is 0.241 e. The van der Waals surface area contributed by atoms with E-state index >= 15 is 0 Å². The van der Waals surface area contributed by atoms with Gasteiger partial charge in [-0.25, -0.2) is 5.84 Å². The normalized spacial score (nSPS) is 17.7. The van der Waals surface area contributed by atoms with Crippen molar-refractivity contribution in [3.8, 4) is 0 Å². The van der Waals surface area contributed by atoms with Crippen LogP contribution in [-0.4, -0.2) is 37.1 Å². The molecule has 21 heavy (non-hydrogen) atoms. The Morgan fingerprint density at radius 3 is 2.57 bits per heavy atom. The summed E-state index contributed by atoms with van der Waals surface area (Å²) >= 11 is 0. The van der Waals surface area contributed by atoms with E-state index in [1.165, 1.54) is 5.56 Å². The molecule has 0 spiro atoms. The van der Waals surface area contributed by atoms with Gasteiger partial charge in [-0.1, -0.05) is 24.3 Å². The van der Waals surface area contributed by atoms with Crippen LogP contribution in [0.3, 0.4) is 0 Å². The molecule has 0 aromatic heterocycles. The number of nitrogens with zero attached hydrogens (tertiary/aromatic N) is 1. The Kier molecular flexibility index (Phi) is 5.73. The summed E-state index contributed by atoms with van der Waals surface area (Å²) in [5, 5.41) is 0. The summed E-state index contributed by atoms with van der Waals surface area (Å²) < 4.78 is 5.40. The van der Waals surface area contributed by atoms with Crippen molar-refractivity contribution in [2.24, 2.45) is 5.84 Å². The van der Waals surface area contributed by atoms with Gasteiger partial charge in [0.25, 0.3) is 0 Å². The van der Waals surface area contributed by atoms with Crippen molar-refractivity contribution < 1.29 is 9.53 Å². The summed E-state index contributed by atoms with van der Waals surface area (Å²) in [6.45, 7) is 4.49. The summed E-state index contributed by atoms with van der Waals surface area (Å²) in [6, 6.07) is 8.79. The van der Waals surface area contributed by atoms with Gasteiger partial charge in [0, 0.05) is 25.8 Å². The second-order valence-corrected chi connectivity index (χ2v) is 5.73. The van der Waals surface area contributed by atoms with E-state index in [-0.39, 0.29) is 11.8 Å². The third-order valence-corrected chi connectivity index (χ3v) is 4.26. The van der Waals surface area contributed by atoms with Crippen LogP contribution in [0.2, 0.25) is 0 Å². The number of nitrogens with one attached hydrogen (secondary N) is 1. The van der Waals surface area contributed by atoms with Gasteiger partial charge in [-0.2, -0.15) is 0 Å². The minimum Gasteiger partial charge on any atom is -0.381 e. The molecule has 1 aromatic carbocycles. The molecule has 2 rings (SSSR count). The fraction of sp³-hybridized carbons (Fsp3) is 0.562. The Balaban J connectivity index is 1.94. The highest BCUT2D eigenvalue weighted by Crippen LogP contribution is 2.19. The highest BCUT2D eigenvalue weighted by atomic mass is 16.5. The largest absolute Gasteiger partial charge is 0.381 e. The quantitative estimate of drug-likeness (QED) is 0.489. The third-order valence-electron chi connectivity index (χ3n) is 4.26. The van der Waals surface area contributed by atoms with Gasteiger partial charge in [0.15, 0.2) is 0 Å². The van der Waals surface area contributed by atoms with Crippen molar-refractivity contribution in [3.05, 3.63) is 35.4 Å². The number of hydrogen-bond donors (Lipinski definition) is 2. The highest BCUT2D eigenvalue weighted by molar-refractivity contribution is 5.82. The molecule has 1 aromatic rings. The molecule has 1 heterocycles. The number of amides is 1. The molecule has 1 amide bonds. The number of nitrogens with two attached hydrogens (primary N) is 1. The Bertz CT molecular complexity index is 455. The number of benzene rings is 1. The molecule has 0 radical (unpaired) electrons. The number of carbonyl (C=O) groups excluding carboxylic acids is 1. The van der Waals surface area contributed by atoms with Gasteiger partial charge in [0.05, 0.1) is 5.92 Å². The van der Waals surface area contributed by atoms with Gasteiger partial charge >= 0.3 is 0 Å². The van der Waals surface area contributed by atoms with E-state index in [4.69, 9.17) is 10.6 Å². The van der Waals surface area contributed by atoms with Crippen molar-refractivity contribution in [2.45, 2.75) is 38.3 Å². The Morgan fingerprint density at radius 2 is 2.00 bits per heavy atom. The van der Waals surface area contributed by atoms with Crippen molar-refractivity contribution in [1.29, 1.82) is 0 Å². The number of hydrazine groups is 1. The van der Waals surface area contributed by atoms with Crippen molar-refractivity contribution in [3.63, 3.8) is 0 Å². The fourth-order valence-corrected chi connectivity index (χ4v) is 2.73. The van der Waals surface area contributed by atoms with Crippen LogP contribution in [0, 0.1) is 0 Å². The molecule has 1 saturated heterocycles. The molecule has 1 fully saturated rings. The molecule has 0 bridgehead atoms. The van der Waals surface area contributed by atoms with Crippen molar-refractivity contribution in [1.82, 2.24) is 10.3 Å². The predicted molar refractivity (Wildman–Crippen MR) is 82.5 cm³/mol. The van der Waals surface area contributed by atoms with Gasteiger partial charge in [0.2, 0.25) is 5.91 Å². The van der Waals surface area contributed by atoms with Crippen molar-refractivity contribution in [2.75, 3.05) is 20.3 Å². The number of hydrogen-bond acceptors (Lipinski definition) is 4. The average Bonchev–Trinajstić information content (AvgIpc) is 2.55. The lowest BCUT2D eigenvalue weighted by Crippen LogP contribution is -2.36. The molecular weight excluding hydrogens is 266 g/mol. The molecule has 5 nitrogen and oxygen atoms in total. The van der Waals surface area contributed by atoms with E-state index in [2.05, 4.69) is 29.5 Å². The first-order chi connectivity index (χ1) is 10.1. The second-order valence-electron chi connectivity index (χ2n) is 5.73. The van der Waals surface area contributed by atoms with Crippen LogP contribution >= 0.6 is 0 Å². The zero-order chi connectivity index (χ0) is 15.2. The highest BCUT2D eigenvalue weighted by Gasteiger charge is 2.18. The lowest BCUT2D eigenvalue weighted by atomic mass is 9.99. The van der Waals surface area contributed by atoms with Gasteiger partial charge in [-0.3, -0.25) is 15.1 Å². The monoisotopic (exact) mass is 291 g/mol. The molecule has 116 valence electrons. The zero-order valence-corrected chi connectivity index (χ0v) is 12.8. The molecule has 1 atom stereocenters. The summed E-state index contributed by atoms with van der Waals surface area (Å²) in [5.74, 6) is 4.78. The van der Waals surface area contributed by atoms with Gasteiger partial charge in [-0.15, -0.1) is 0 Å². The third kappa shape index (κ3) is 4.27. The molecule has 1 aliphatic heterocycles. The van der Waals surface area contributed by atoms with Crippen LogP contribution in [0.15, 0.2) is 24.3 Å². The van der Waals surface area contributed by atoms with Crippen LogP contribution in [0.5, 0.6) is 0 Å². The van der Waals surface area contributed by atoms with Crippen LogP contribution in [0.25, 0.3) is 0 Å². The summed E-state index contributed by atoms with van der Waals surface area (Å²) in [7, 11) is 2.16. The smallest absolute Gasteiger partial charge is 0.241 e. The number of carbonyl (C=O) groups is 1. The van der Waals surface area contributed by atoms with Crippen LogP contribution < -0.4 is 11.3 Å². The molecule has 1 unspecified atom stereocenters. The van der Waals surface area contributed by atoms with E-state index in [0.29, 0.717) is 6.04 Å². The van der Waals surface area contributed by atoms with E-state index in [1.807, 2.05) is 19.1 Å². The van der Waals surface area contributed by atoms with E-state index < -0.39 is 0 Å².